The smallest absolute Gasteiger partial charge is 0.148 e. The van der Waals surface area contributed by atoms with Crippen LogP contribution in [0.5, 0.6) is 0 Å². The van der Waals surface area contributed by atoms with E-state index in [2.05, 4.69) is 39.7 Å². The van der Waals surface area contributed by atoms with Crippen LogP contribution in [0.3, 0.4) is 0 Å². The zero-order valence-corrected chi connectivity index (χ0v) is 14.0. The van der Waals surface area contributed by atoms with Gasteiger partial charge in [-0.05, 0) is 54.9 Å². The van der Waals surface area contributed by atoms with Crippen molar-refractivity contribution in [1.29, 1.82) is 0 Å². The third kappa shape index (κ3) is 4.38. The number of nitrogens with zero attached hydrogens (tertiary/aromatic N) is 3. The Morgan fingerprint density at radius 2 is 2.13 bits per heavy atom. The van der Waals surface area contributed by atoms with Gasteiger partial charge in [0.15, 0.2) is 0 Å². The van der Waals surface area contributed by atoms with Gasteiger partial charge in [-0.3, -0.25) is 0 Å². The van der Waals surface area contributed by atoms with Crippen LogP contribution in [0.15, 0.2) is 12.2 Å². The molecular formula is C17H28N4O2. The first-order valence-electron chi connectivity index (χ1n) is 8.99. The van der Waals surface area contributed by atoms with Crippen LogP contribution in [0.2, 0.25) is 0 Å². The largest absolute Gasteiger partial charge is 0.381 e. The standard InChI is InChI=1S/C17H28N4O2/c1-2-11-22-12-14-13(15-9-10-16(14)23-15)7-5-3-4-6-8-17-18-20-21-19-17/h3,5,13-16H,2,4,6-12H2,1H3,(H,18,19,20,21)/b5-3-/t13-,14+,15-,16+/m0/s1. The summed E-state index contributed by atoms with van der Waals surface area (Å²) in [6.07, 6.45) is 13.2. The lowest BCUT2D eigenvalue weighted by molar-refractivity contribution is 0.0495. The molecule has 2 fully saturated rings. The van der Waals surface area contributed by atoms with E-state index < -0.39 is 0 Å². The predicted molar refractivity (Wildman–Crippen MR) is 86.9 cm³/mol. The molecule has 3 heterocycles. The number of rotatable bonds is 10. The Labute approximate surface area is 138 Å². The lowest BCUT2D eigenvalue weighted by Gasteiger charge is -2.27. The van der Waals surface area contributed by atoms with Gasteiger partial charge >= 0.3 is 0 Å². The number of tetrazole rings is 1. The van der Waals surface area contributed by atoms with Crippen molar-refractivity contribution in [2.75, 3.05) is 13.2 Å². The van der Waals surface area contributed by atoms with Crippen molar-refractivity contribution in [3.63, 3.8) is 0 Å². The molecule has 1 N–H and O–H groups in total. The van der Waals surface area contributed by atoms with Crippen molar-refractivity contribution < 1.29 is 9.47 Å². The van der Waals surface area contributed by atoms with E-state index >= 15 is 0 Å². The topological polar surface area (TPSA) is 72.9 Å². The number of fused-ring (bicyclic) bond motifs is 2. The Balaban J connectivity index is 1.38. The molecule has 0 radical (unpaired) electrons. The number of H-pyrrole nitrogens is 1. The molecule has 0 unspecified atom stereocenters. The number of aromatic amines is 1. The summed E-state index contributed by atoms with van der Waals surface area (Å²) in [7, 11) is 0. The third-order valence-corrected chi connectivity index (χ3v) is 5.00. The van der Waals surface area contributed by atoms with E-state index in [1.165, 1.54) is 12.8 Å². The second kappa shape index (κ2) is 8.55. The highest BCUT2D eigenvalue weighted by Gasteiger charge is 2.47. The summed E-state index contributed by atoms with van der Waals surface area (Å²) in [6.45, 7) is 3.89. The number of allylic oxidation sites excluding steroid dienone is 2. The zero-order valence-electron chi connectivity index (χ0n) is 14.0. The highest BCUT2D eigenvalue weighted by molar-refractivity contribution is 4.99. The lowest BCUT2D eigenvalue weighted by Crippen LogP contribution is -2.30. The van der Waals surface area contributed by atoms with E-state index in [9.17, 15) is 0 Å². The molecule has 2 aliphatic rings. The first-order valence-corrected chi connectivity index (χ1v) is 8.99. The zero-order chi connectivity index (χ0) is 15.9. The Morgan fingerprint density at radius 1 is 1.26 bits per heavy atom. The number of unbranched alkanes of at least 4 members (excludes halogenated alkanes) is 1. The quantitative estimate of drug-likeness (QED) is 0.530. The number of hydrogen-bond acceptors (Lipinski definition) is 5. The van der Waals surface area contributed by atoms with E-state index in [1.54, 1.807) is 0 Å². The van der Waals surface area contributed by atoms with Crippen LogP contribution in [-0.4, -0.2) is 46.0 Å². The second-order valence-corrected chi connectivity index (χ2v) is 6.64. The van der Waals surface area contributed by atoms with Gasteiger partial charge in [-0.2, -0.15) is 0 Å². The Bertz CT molecular complexity index is 477. The van der Waals surface area contributed by atoms with Crippen molar-refractivity contribution in [2.24, 2.45) is 11.8 Å². The first-order chi connectivity index (χ1) is 11.4. The molecule has 0 aromatic carbocycles. The Hall–Kier alpha value is -1.27. The minimum atomic E-state index is 0.439. The molecule has 2 bridgehead atoms. The van der Waals surface area contributed by atoms with E-state index in [-0.39, 0.29) is 0 Å². The van der Waals surface area contributed by atoms with Crippen molar-refractivity contribution in [3.8, 4) is 0 Å². The van der Waals surface area contributed by atoms with Crippen LogP contribution in [0, 0.1) is 11.8 Å². The minimum absolute atomic E-state index is 0.439. The highest BCUT2D eigenvalue weighted by Crippen LogP contribution is 2.45. The molecule has 23 heavy (non-hydrogen) atoms. The average molecular weight is 320 g/mol. The van der Waals surface area contributed by atoms with E-state index in [4.69, 9.17) is 9.47 Å². The summed E-state index contributed by atoms with van der Waals surface area (Å²) in [6, 6.07) is 0. The summed E-state index contributed by atoms with van der Waals surface area (Å²) in [4.78, 5) is 0. The average Bonchev–Trinajstić information content (AvgIpc) is 3.29. The second-order valence-electron chi connectivity index (χ2n) is 6.64. The van der Waals surface area contributed by atoms with Gasteiger partial charge in [0.05, 0.1) is 18.8 Å². The summed E-state index contributed by atoms with van der Waals surface area (Å²) in [5.41, 5.74) is 0. The molecule has 0 aliphatic carbocycles. The third-order valence-electron chi connectivity index (χ3n) is 5.00. The molecule has 2 aliphatic heterocycles. The number of hydrogen-bond donors (Lipinski definition) is 1. The van der Waals surface area contributed by atoms with Crippen molar-refractivity contribution >= 4 is 0 Å². The maximum atomic E-state index is 6.12. The van der Waals surface area contributed by atoms with Gasteiger partial charge in [0.25, 0.3) is 0 Å². The molecule has 1 aromatic heterocycles. The molecule has 6 heteroatoms. The molecular weight excluding hydrogens is 292 g/mol. The normalized spacial score (nSPS) is 29.8. The minimum Gasteiger partial charge on any atom is -0.381 e. The van der Waals surface area contributed by atoms with Gasteiger partial charge in [0.2, 0.25) is 0 Å². The van der Waals surface area contributed by atoms with Gasteiger partial charge in [-0.1, -0.05) is 19.1 Å². The monoisotopic (exact) mass is 320 g/mol. The number of aryl methyl sites for hydroxylation is 1. The molecule has 128 valence electrons. The molecule has 4 atom stereocenters. The maximum absolute atomic E-state index is 6.12. The van der Waals surface area contributed by atoms with Crippen LogP contribution in [0.4, 0.5) is 0 Å². The van der Waals surface area contributed by atoms with Gasteiger partial charge < -0.3 is 9.47 Å². The van der Waals surface area contributed by atoms with Gasteiger partial charge in [-0.15, -0.1) is 5.10 Å². The molecule has 2 saturated heterocycles. The van der Waals surface area contributed by atoms with Crippen molar-refractivity contribution in [1.82, 2.24) is 20.6 Å². The first kappa shape index (κ1) is 16.6. The number of ether oxygens (including phenoxy) is 2. The van der Waals surface area contributed by atoms with Crippen LogP contribution in [-0.2, 0) is 15.9 Å². The fourth-order valence-corrected chi connectivity index (χ4v) is 3.84. The van der Waals surface area contributed by atoms with Crippen LogP contribution in [0.25, 0.3) is 0 Å². The predicted octanol–water partition coefficient (Wildman–Crippen LogP) is 2.69. The van der Waals surface area contributed by atoms with E-state index in [0.717, 1.165) is 51.1 Å². The summed E-state index contributed by atoms with van der Waals surface area (Å²) < 4.78 is 11.9. The molecule has 1 aromatic rings. The van der Waals surface area contributed by atoms with Crippen LogP contribution < -0.4 is 0 Å². The summed E-state index contributed by atoms with van der Waals surface area (Å²) in [5.74, 6) is 2.10. The fourth-order valence-electron chi connectivity index (χ4n) is 3.84. The summed E-state index contributed by atoms with van der Waals surface area (Å²) >= 11 is 0. The van der Waals surface area contributed by atoms with Gasteiger partial charge in [0, 0.05) is 18.9 Å². The Kier molecular flexibility index (Phi) is 6.16. The van der Waals surface area contributed by atoms with Crippen LogP contribution in [0.1, 0.15) is 51.3 Å². The molecule has 0 saturated carbocycles. The van der Waals surface area contributed by atoms with Gasteiger partial charge in [-0.25, -0.2) is 5.10 Å². The van der Waals surface area contributed by atoms with Crippen molar-refractivity contribution in [3.05, 3.63) is 18.0 Å². The lowest BCUT2D eigenvalue weighted by atomic mass is 9.78. The molecule has 3 rings (SSSR count). The van der Waals surface area contributed by atoms with Gasteiger partial charge in [0.1, 0.15) is 5.82 Å². The SMILES string of the molecule is CCCOC[C@@H]1[C@H](C/C=C\CCCc2nnn[nH]2)[C@@H]2CC[C@H]1O2. The molecule has 6 nitrogen and oxygen atoms in total. The molecule has 0 amide bonds. The number of nitrogens with one attached hydrogen (secondary N) is 1. The van der Waals surface area contributed by atoms with Crippen LogP contribution >= 0.6 is 0 Å². The Morgan fingerprint density at radius 3 is 2.91 bits per heavy atom. The van der Waals surface area contributed by atoms with Crippen molar-refractivity contribution in [2.45, 2.75) is 64.1 Å². The summed E-state index contributed by atoms with van der Waals surface area (Å²) in [5, 5.41) is 13.9. The fraction of sp³-hybridized carbons (Fsp3) is 0.824. The highest BCUT2D eigenvalue weighted by atomic mass is 16.5. The van der Waals surface area contributed by atoms with E-state index in [1.807, 2.05) is 0 Å². The maximum Gasteiger partial charge on any atom is 0.148 e. The molecule has 0 spiro atoms. The van der Waals surface area contributed by atoms with E-state index in [0.29, 0.717) is 24.0 Å². The number of aromatic nitrogens is 4.